The van der Waals surface area contributed by atoms with Gasteiger partial charge in [0.1, 0.15) is 12.1 Å². The number of nitrogens with one attached hydrogen (secondary N) is 1. The lowest BCUT2D eigenvalue weighted by molar-refractivity contribution is -0.140. The highest BCUT2D eigenvalue weighted by Crippen LogP contribution is 2.22. The number of esters is 1. The van der Waals surface area contributed by atoms with Crippen molar-refractivity contribution < 1.29 is 27.5 Å². The van der Waals surface area contributed by atoms with Crippen molar-refractivity contribution in [3.05, 3.63) is 41.9 Å². The number of ether oxygens (including phenoxy) is 1. The first-order valence-electron chi connectivity index (χ1n) is 7.69. The van der Waals surface area contributed by atoms with Gasteiger partial charge in [-0.25, -0.2) is 14.5 Å². The van der Waals surface area contributed by atoms with E-state index >= 15 is 0 Å². The molecule has 0 saturated carbocycles. The van der Waals surface area contributed by atoms with Crippen molar-refractivity contribution in [1.29, 1.82) is 0 Å². The number of hydrogen-bond acceptors (Lipinski definition) is 5. The molecule has 0 bridgehead atoms. The fraction of sp³-hybridized carbons (Fsp3) is 0.375. The molecule has 140 valence electrons. The SMILES string of the molecule is CC(C)c1c(C(=O)OCC(=O)NCC(F)(F)F)cnn1-c1ccccn1. The van der Waals surface area contributed by atoms with E-state index < -0.39 is 31.2 Å². The van der Waals surface area contributed by atoms with Gasteiger partial charge in [0.25, 0.3) is 5.91 Å². The number of rotatable bonds is 6. The molecule has 2 aromatic heterocycles. The maximum Gasteiger partial charge on any atom is 0.405 e. The zero-order chi connectivity index (χ0) is 19.3. The summed E-state index contributed by atoms with van der Waals surface area (Å²) in [6.07, 6.45) is -1.68. The lowest BCUT2D eigenvalue weighted by Gasteiger charge is -2.12. The third-order valence-corrected chi connectivity index (χ3v) is 3.26. The van der Waals surface area contributed by atoms with Crippen LogP contribution in [0.25, 0.3) is 5.82 Å². The molecule has 0 radical (unpaired) electrons. The van der Waals surface area contributed by atoms with Gasteiger partial charge in [0.2, 0.25) is 0 Å². The molecular weight excluding hydrogens is 353 g/mol. The second kappa shape index (κ2) is 7.98. The fourth-order valence-corrected chi connectivity index (χ4v) is 2.19. The van der Waals surface area contributed by atoms with E-state index in [1.54, 1.807) is 29.7 Å². The van der Waals surface area contributed by atoms with Crippen LogP contribution in [-0.4, -0.2) is 46.0 Å². The Kier molecular flexibility index (Phi) is 5.96. The predicted octanol–water partition coefficient (Wildman–Crippen LogP) is 2.23. The van der Waals surface area contributed by atoms with Gasteiger partial charge >= 0.3 is 12.1 Å². The summed E-state index contributed by atoms with van der Waals surface area (Å²) < 4.78 is 42.4. The van der Waals surface area contributed by atoms with E-state index in [2.05, 4.69) is 10.1 Å². The van der Waals surface area contributed by atoms with Gasteiger partial charge in [-0.05, 0) is 18.1 Å². The average molecular weight is 370 g/mol. The average Bonchev–Trinajstić information content (AvgIpc) is 3.03. The monoisotopic (exact) mass is 370 g/mol. The third-order valence-electron chi connectivity index (χ3n) is 3.26. The summed E-state index contributed by atoms with van der Waals surface area (Å²) >= 11 is 0. The van der Waals surface area contributed by atoms with Crippen molar-refractivity contribution >= 4 is 11.9 Å². The quantitative estimate of drug-likeness (QED) is 0.788. The first kappa shape index (κ1) is 19.4. The molecule has 1 N–H and O–H groups in total. The molecule has 2 aromatic rings. The van der Waals surface area contributed by atoms with Gasteiger partial charge < -0.3 is 10.1 Å². The number of amides is 1. The second-order valence-corrected chi connectivity index (χ2v) is 5.67. The Balaban J connectivity index is 2.10. The van der Waals surface area contributed by atoms with Crippen molar-refractivity contribution in [2.24, 2.45) is 0 Å². The summed E-state index contributed by atoms with van der Waals surface area (Å²) in [7, 11) is 0. The summed E-state index contributed by atoms with van der Waals surface area (Å²) in [5, 5.41) is 5.75. The van der Waals surface area contributed by atoms with Crippen LogP contribution in [0.4, 0.5) is 13.2 Å². The first-order valence-corrected chi connectivity index (χ1v) is 7.69. The summed E-state index contributed by atoms with van der Waals surface area (Å²) in [6, 6.07) is 5.20. The molecule has 0 aliphatic carbocycles. The largest absolute Gasteiger partial charge is 0.452 e. The zero-order valence-corrected chi connectivity index (χ0v) is 14.1. The Hall–Kier alpha value is -2.91. The first-order chi connectivity index (χ1) is 12.2. The van der Waals surface area contributed by atoms with Crippen LogP contribution in [0.2, 0.25) is 0 Å². The standard InChI is InChI=1S/C16H17F3N4O3/c1-10(2)14-11(7-22-23(14)12-5-3-4-6-20-12)15(25)26-8-13(24)21-9-16(17,18)19/h3-7,10H,8-9H2,1-2H3,(H,21,24). The van der Waals surface area contributed by atoms with Gasteiger partial charge in [-0.1, -0.05) is 19.9 Å². The number of carbonyl (C=O) groups excluding carboxylic acids is 2. The lowest BCUT2D eigenvalue weighted by atomic mass is 10.1. The minimum absolute atomic E-state index is 0.120. The van der Waals surface area contributed by atoms with Crippen LogP contribution in [0.1, 0.15) is 35.8 Å². The highest BCUT2D eigenvalue weighted by molar-refractivity contribution is 5.92. The minimum Gasteiger partial charge on any atom is -0.452 e. The minimum atomic E-state index is -4.53. The van der Waals surface area contributed by atoms with E-state index in [0.717, 1.165) is 0 Å². The Morgan fingerprint density at radius 2 is 2.04 bits per heavy atom. The number of pyridine rings is 1. The molecule has 0 atom stereocenters. The number of aromatic nitrogens is 3. The summed E-state index contributed by atoms with van der Waals surface area (Å²) in [5.74, 6) is -1.52. The molecule has 2 rings (SSSR count). The van der Waals surface area contributed by atoms with Crippen molar-refractivity contribution in [1.82, 2.24) is 20.1 Å². The second-order valence-electron chi connectivity index (χ2n) is 5.67. The lowest BCUT2D eigenvalue weighted by Crippen LogP contribution is -2.36. The van der Waals surface area contributed by atoms with Crippen molar-refractivity contribution in [3.63, 3.8) is 0 Å². The Labute approximate surface area is 147 Å². The third kappa shape index (κ3) is 5.04. The van der Waals surface area contributed by atoms with Gasteiger partial charge in [0.15, 0.2) is 12.4 Å². The van der Waals surface area contributed by atoms with E-state index in [1.165, 1.54) is 10.9 Å². The molecule has 0 unspecified atom stereocenters. The number of carbonyl (C=O) groups is 2. The van der Waals surface area contributed by atoms with Crippen LogP contribution < -0.4 is 5.32 Å². The molecule has 26 heavy (non-hydrogen) atoms. The van der Waals surface area contributed by atoms with Gasteiger partial charge in [-0.15, -0.1) is 0 Å². The molecule has 0 fully saturated rings. The Morgan fingerprint density at radius 1 is 1.31 bits per heavy atom. The zero-order valence-electron chi connectivity index (χ0n) is 14.1. The molecule has 0 aromatic carbocycles. The van der Waals surface area contributed by atoms with E-state index in [4.69, 9.17) is 4.74 Å². The van der Waals surface area contributed by atoms with Gasteiger partial charge in [-0.2, -0.15) is 18.3 Å². The number of halogens is 3. The van der Waals surface area contributed by atoms with E-state index in [-0.39, 0.29) is 11.5 Å². The van der Waals surface area contributed by atoms with Crippen LogP contribution in [0.15, 0.2) is 30.6 Å². The maximum atomic E-state index is 12.2. The van der Waals surface area contributed by atoms with Gasteiger partial charge in [-0.3, -0.25) is 4.79 Å². The van der Waals surface area contributed by atoms with Crippen molar-refractivity contribution in [3.8, 4) is 5.82 Å². The molecule has 10 heteroatoms. The van der Waals surface area contributed by atoms with Gasteiger partial charge in [0.05, 0.1) is 11.9 Å². The van der Waals surface area contributed by atoms with Crippen molar-refractivity contribution in [2.75, 3.05) is 13.2 Å². The molecular formula is C16H17F3N4O3. The van der Waals surface area contributed by atoms with E-state index in [0.29, 0.717) is 11.5 Å². The van der Waals surface area contributed by atoms with Crippen LogP contribution >= 0.6 is 0 Å². The summed E-state index contributed by atoms with van der Waals surface area (Å²) in [4.78, 5) is 27.7. The molecule has 0 spiro atoms. The number of hydrogen-bond donors (Lipinski definition) is 1. The van der Waals surface area contributed by atoms with Crippen LogP contribution in [0.5, 0.6) is 0 Å². The Morgan fingerprint density at radius 3 is 2.62 bits per heavy atom. The Bertz CT molecular complexity index is 773. The smallest absolute Gasteiger partial charge is 0.405 e. The topological polar surface area (TPSA) is 86.1 Å². The molecule has 1 amide bonds. The van der Waals surface area contributed by atoms with Crippen LogP contribution in [0.3, 0.4) is 0 Å². The van der Waals surface area contributed by atoms with Crippen LogP contribution in [-0.2, 0) is 9.53 Å². The number of alkyl halides is 3. The van der Waals surface area contributed by atoms with E-state index in [9.17, 15) is 22.8 Å². The van der Waals surface area contributed by atoms with E-state index in [1.807, 2.05) is 13.8 Å². The summed E-state index contributed by atoms with van der Waals surface area (Å²) in [5.41, 5.74) is 0.638. The molecule has 0 saturated heterocycles. The molecule has 2 heterocycles. The highest BCUT2D eigenvalue weighted by atomic mass is 19.4. The van der Waals surface area contributed by atoms with Gasteiger partial charge in [0, 0.05) is 6.20 Å². The molecule has 0 aliphatic rings. The summed E-state index contributed by atoms with van der Waals surface area (Å²) in [6.45, 7) is 1.37. The molecule has 0 aliphatic heterocycles. The van der Waals surface area contributed by atoms with Crippen LogP contribution in [0, 0.1) is 0 Å². The van der Waals surface area contributed by atoms with Crippen molar-refractivity contribution in [2.45, 2.75) is 25.9 Å². The molecule has 7 nitrogen and oxygen atoms in total. The fourth-order valence-electron chi connectivity index (χ4n) is 2.19. The highest BCUT2D eigenvalue weighted by Gasteiger charge is 2.28. The predicted molar refractivity (Wildman–Crippen MR) is 84.8 cm³/mol. The number of nitrogens with zero attached hydrogens (tertiary/aromatic N) is 3. The maximum absolute atomic E-state index is 12.2. The normalized spacial score (nSPS) is 11.5.